The van der Waals surface area contributed by atoms with E-state index in [1.54, 1.807) is 48.5 Å². The number of hydrogen-bond acceptors (Lipinski definition) is 1. The lowest BCUT2D eigenvalue weighted by molar-refractivity contribution is -0.143. The first-order chi connectivity index (χ1) is 14.5. The van der Waals surface area contributed by atoms with Gasteiger partial charge in [0.1, 0.15) is 0 Å². The summed E-state index contributed by atoms with van der Waals surface area (Å²) in [6, 6.07) is 17.9. The molecular weight excluding hydrogens is 420 g/mol. The summed E-state index contributed by atoms with van der Waals surface area (Å²) in [5.74, 6) is -1.03. The van der Waals surface area contributed by atoms with Crippen LogP contribution in [-0.4, -0.2) is 5.91 Å². The highest BCUT2D eigenvalue weighted by molar-refractivity contribution is 5.95. The number of amides is 1. The number of benzene rings is 3. The van der Waals surface area contributed by atoms with E-state index in [2.05, 4.69) is 5.32 Å². The molecule has 0 aliphatic rings. The number of halogens is 6. The van der Waals surface area contributed by atoms with Gasteiger partial charge in [-0.25, -0.2) is 0 Å². The maximum atomic E-state index is 13.1. The molecule has 0 saturated heterocycles. The number of hydrogen-bond donors (Lipinski definition) is 1. The molecule has 1 N–H and O–H groups in total. The van der Waals surface area contributed by atoms with E-state index in [-0.39, 0.29) is 6.07 Å². The first-order valence-electron chi connectivity index (χ1n) is 9.23. The third-order valence-electron chi connectivity index (χ3n) is 4.64. The second-order valence-corrected chi connectivity index (χ2v) is 6.92. The Kier molecular flexibility index (Phi) is 6.38. The van der Waals surface area contributed by atoms with E-state index < -0.39 is 41.0 Å². The van der Waals surface area contributed by atoms with Gasteiger partial charge in [-0.1, -0.05) is 60.7 Å². The molecule has 0 aliphatic heterocycles. The predicted octanol–water partition coefficient (Wildman–Crippen LogP) is 6.44. The van der Waals surface area contributed by atoms with Crippen LogP contribution in [0.1, 0.15) is 38.7 Å². The molecule has 0 spiro atoms. The fourth-order valence-corrected chi connectivity index (χ4v) is 3.11. The number of carbonyl (C=O) groups excluding carboxylic acids is 1. The molecule has 2 nitrogen and oxygen atoms in total. The first kappa shape index (κ1) is 22.4. The van der Waals surface area contributed by atoms with Crippen LogP contribution >= 0.6 is 0 Å². The molecule has 31 heavy (non-hydrogen) atoms. The highest BCUT2D eigenvalue weighted by Crippen LogP contribution is 2.36. The zero-order valence-electron chi connectivity index (χ0n) is 16.0. The van der Waals surface area contributed by atoms with Crippen LogP contribution in [0.4, 0.5) is 26.3 Å². The van der Waals surface area contributed by atoms with Crippen LogP contribution in [0.3, 0.4) is 0 Å². The van der Waals surface area contributed by atoms with Crippen molar-refractivity contribution in [3.8, 4) is 0 Å². The Balaban J connectivity index is 1.96. The molecule has 1 amide bonds. The molecule has 0 saturated carbocycles. The zero-order chi connectivity index (χ0) is 22.6. The fourth-order valence-electron chi connectivity index (χ4n) is 3.11. The van der Waals surface area contributed by atoms with Gasteiger partial charge in [0.15, 0.2) is 0 Å². The summed E-state index contributed by atoms with van der Waals surface area (Å²) in [6.45, 7) is 0. The minimum absolute atomic E-state index is 0.00454. The first-order valence-corrected chi connectivity index (χ1v) is 9.23. The Bertz CT molecular complexity index is 997. The van der Waals surface area contributed by atoms with Gasteiger partial charge < -0.3 is 5.32 Å². The Morgan fingerprint density at radius 2 is 1.23 bits per heavy atom. The van der Waals surface area contributed by atoms with Crippen molar-refractivity contribution in [2.75, 3.05) is 0 Å². The van der Waals surface area contributed by atoms with Crippen molar-refractivity contribution >= 4 is 5.91 Å². The van der Waals surface area contributed by atoms with E-state index in [0.29, 0.717) is 24.1 Å². The second-order valence-electron chi connectivity index (χ2n) is 6.92. The smallest absolute Gasteiger partial charge is 0.345 e. The monoisotopic (exact) mass is 437 g/mol. The van der Waals surface area contributed by atoms with Crippen molar-refractivity contribution in [3.05, 3.63) is 107 Å². The van der Waals surface area contributed by atoms with Crippen LogP contribution < -0.4 is 5.32 Å². The molecule has 3 aromatic rings. The van der Waals surface area contributed by atoms with Gasteiger partial charge in [0.25, 0.3) is 5.91 Å². The molecule has 3 aromatic carbocycles. The lowest BCUT2D eigenvalue weighted by Crippen LogP contribution is -2.30. The van der Waals surface area contributed by atoms with Gasteiger partial charge in [-0.15, -0.1) is 0 Å². The van der Waals surface area contributed by atoms with Gasteiger partial charge in [-0.05, 0) is 35.7 Å². The quantitative estimate of drug-likeness (QED) is 0.458. The number of carbonyl (C=O) groups is 1. The molecule has 0 bridgehead atoms. The van der Waals surface area contributed by atoms with Crippen LogP contribution in [0, 0.1) is 0 Å². The second kappa shape index (κ2) is 8.83. The molecule has 1 atom stereocenters. The Morgan fingerprint density at radius 1 is 0.742 bits per heavy atom. The van der Waals surface area contributed by atoms with Crippen molar-refractivity contribution in [2.24, 2.45) is 0 Å². The van der Waals surface area contributed by atoms with Crippen molar-refractivity contribution < 1.29 is 31.1 Å². The van der Waals surface area contributed by atoms with Crippen LogP contribution in [0.2, 0.25) is 0 Å². The van der Waals surface area contributed by atoms with Crippen LogP contribution in [0.15, 0.2) is 78.9 Å². The fraction of sp³-hybridized carbons (Fsp3) is 0.174. The number of rotatable bonds is 5. The Hall–Kier alpha value is -3.29. The van der Waals surface area contributed by atoms with E-state index in [1.807, 2.05) is 12.1 Å². The van der Waals surface area contributed by atoms with Crippen molar-refractivity contribution in [1.29, 1.82) is 0 Å². The zero-order valence-corrected chi connectivity index (χ0v) is 16.0. The Morgan fingerprint density at radius 3 is 1.71 bits per heavy atom. The largest absolute Gasteiger partial charge is 0.416 e. The predicted molar refractivity (Wildman–Crippen MR) is 103 cm³/mol. The number of nitrogens with one attached hydrogen (secondary N) is 1. The third-order valence-corrected chi connectivity index (χ3v) is 4.64. The summed E-state index contributed by atoms with van der Waals surface area (Å²) in [7, 11) is 0. The normalized spacial score (nSPS) is 13.0. The van der Waals surface area contributed by atoms with Crippen molar-refractivity contribution in [3.63, 3.8) is 0 Å². The van der Waals surface area contributed by atoms with Gasteiger partial charge in [-0.2, -0.15) is 26.3 Å². The maximum absolute atomic E-state index is 13.1. The third kappa shape index (κ3) is 5.87. The van der Waals surface area contributed by atoms with Crippen molar-refractivity contribution in [1.82, 2.24) is 5.32 Å². The minimum atomic E-state index is -5.03. The summed E-state index contributed by atoms with van der Waals surface area (Å²) in [6.07, 6.45) is -9.75. The maximum Gasteiger partial charge on any atom is 0.416 e. The summed E-state index contributed by atoms with van der Waals surface area (Å²) < 4.78 is 78.7. The van der Waals surface area contributed by atoms with Crippen LogP contribution in [0.5, 0.6) is 0 Å². The van der Waals surface area contributed by atoms with E-state index in [0.717, 1.165) is 5.56 Å². The van der Waals surface area contributed by atoms with Crippen LogP contribution in [-0.2, 0) is 18.8 Å². The average molecular weight is 437 g/mol. The van der Waals surface area contributed by atoms with E-state index in [9.17, 15) is 31.1 Å². The Labute approximate surface area is 174 Å². The molecule has 3 rings (SSSR count). The highest BCUT2D eigenvalue weighted by atomic mass is 19.4. The molecule has 0 aromatic heterocycles. The van der Waals surface area contributed by atoms with E-state index in [4.69, 9.17) is 0 Å². The van der Waals surface area contributed by atoms with E-state index >= 15 is 0 Å². The topological polar surface area (TPSA) is 29.1 Å². The van der Waals surface area contributed by atoms with Crippen molar-refractivity contribution in [2.45, 2.75) is 24.8 Å². The van der Waals surface area contributed by atoms with Gasteiger partial charge in [-0.3, -0.25) is 4.79 Å². The average Bonchev–Trinajstić information content (AvgIpc) is 2.73. The summed E-state index contributed by atoms with van der Waals surface area (Å²) in [4.78, 5) is 12.7. The van der Waals surface area contributed by atoms with Gasteiger partial charge in [0, 0.05) is 5.56 Å². The van der Waals surface area contributed by atoms with Gasteiger partial charge in [0.2, 0.25) is 0 Å². The van der Waals surface area contributed by atoms with E-state index in [1.165, 1.54) is 0 Å². The summed E-state index contributed by atoms with van der Waals surface area (Å²) in [5.41, 5.74) is -2.27. The SMILES string of the molecule is O=C(NC(Cc1ccccc1)c1ccccc1)c1cc(C(F)(F)F)cc(C(F)(F)F)c1. The molecule has 1 unspecified atom stereocenters. The lowest BCUT2D eigenvalue weighted by atomic mass is 9.98. The molecule has 0 heterocycles. The van der Waals surface area contributed by atoms with Gasteiger partial charge in [0.05, 0.1) is 17.2 Å². The summed E-state index contributed by atoms with van der Waals surface area (Å²) in [5, 5.41) is 2.58. The molecular formula is C23H17F6NO. The number of alkyl halides is 6. The molecule has 0 aliphatic carbocycles. The van der Waals surface area contributed by atoms with Crippen LogP contribution in [0.25, 0.3) is 0 Å². The molecule has 0 fully saturated rings. The minimum Gasteiger partial charge on any atom is -0.345 e. The standard InChI is InChI=1S/C23H17F6NO/c24-22(25,26)18-12-17(13-19(14-18)23(27,28)29)21(31)30-20(16-9-5-2-6-10-16)11-15-7-3-1-4-8-15/h1-10,12-14,20H,11H2,(H,30,31). The molecule has 8 heteroatoms. The van der Waals surface area contributed by atoms with Gasteiger partial charge >= 0.3 is 12.4 Å². The summed E-state index contributed by atoms with van der Waals surface area (Å²) >= 11 is 0. The molecule has 0 radical (unpaired) electrons. The molecule has 162 valence electrons. The highest BCUT2D eigenvalue weighted by Gasteiger charge is 2.37. The lowest BCUT2D eigenvalue weighted by Gasteiger charge is -2.21.